The van der Waals surface area contributed by atoms with Crippen LogP contribution in [0.25, 0.3) is 16.8 Å². The van der Waals surface area contributed by atoms with Crippen molar-refractivity contribution in [2.24, 2.45) is 0 Å². The number of halogens is 3. The van der Waals surface area contributed by atoms with Gasteiger partial charge in [-0.05, 0) is 42.7 Å². The smallest absolute Gasteiger partial charge is 0.347 e. The van der Waals surface area contributed by atoms with Gasteiger partial charge in [-0.3, -0.25) is 9.59 Å². The average molecular weight is 524 g/mol. The highest BCUT2D eigenvalue weighted by Crippen LogP contribution is 2.34. The van der Waals surface area contributed by atoms with E-state index in [9.17, 15) is 22.8 Å². The number of hydrogen-bond acceptors (Lipinski definition) is 4. The van der Waals surface area contributed by atoms with Gasteiger partial charge in [-0.25, -0.2) is 9.50 Å². The fourth-order valence-electron chi connectivity index (χ4n) is 4.47. The average Bonchev–Trinajstić information content (AvgIpc) is 3.32. The van der Waals surface area contributed by atoms with E-state index in [2.05, 4.69) is 10.1 Å². The molecule has 4 rings (SSSR count). The van der Waals surface area contributed by atoms with E-state index in [1.165, 1.54) is 28.1 Å². The van der Waals surface area contributed by atoms with Crippen LogP contribution in [0.2, 0.25) is 0 Å². The quantitative estimate of drug-likeness (QED) is 0.359. The molecule has 10 heteroatoms. The van der Waals surface area contributed by atoms with Gasteiger partial charge in [0.15, 0.2) is 5.65 Å². The summed E-state index contributed by atoms with van der Waals surface area (Å²) in [7, 11) is 4.84. The third kappa shape index (κ3) is 5.25. The molecular formula is C28H28F3N5O2. The molecule has 0 aliphatic carbocycles. The standard InChI is InChI=1S/C28H28F3N5O2/c1-27(16-19-8-6-5-7-9-19,26(38)35(4)18-24(37)34(2)3)23-14-15-32-25-22(17-33-36(23)25)20-10-12-21(13-11-20)28(29,30)31/h5-15,17H,16,18H2,1-4H3. The molecule has 0 N–H and O–H groups in total. The summed E-state index contributed by atoms with van der Waals surface area (Å²) >= 11 is 0. The number of alkyl halides is 3. The van der Waals surface area contributed by atoms with Crippen molar-refractivity contribution in [2.75, 3.05) is 27.7 Å². The maximum atomic E-state index is 14.0. The van der Waals surface area contributed by atoms with Crippen LogP contribution < -0.4 is 0 Å². The number of amides is 2. The molecule has 2 heterocycles. The predicted molar refractivity (Wildman–Crippen MR) is 137 cm³/mol. The number of carbonyl (C=O) groups excluding carboxylic acids is 2. The monoisotopic (exact) mass is 523 g/mol. The third-order valence-electron chi connectivity index (χ3n) is 6.58. The maximum Gasteiger partial charge on any atom is 0.416 e. The minimum atomic E-state index is -4.44. The predicted octanol–water partition coefficient (Wildman–Crippen LogP) is 4.46. The van der Waals surface area contributed by atoms with Crippen molar-refractivity contribution in [3.05, 3.63) is 89.9 Å². The van der Waals surface area contributed by atoms with E-state index in [-0.39, 0.29) is 18.4 Å². The van der Waals surface area contributed by atoms with Crippen LogP contribution in [0.4, 0.5) is 13.2 Å². The van der Waals surface area contributed by atoms with Crippen molar-refractivity contribution >= 4 is 17.5 Å². The molecule has 1 atom stereocenters. The Labute approximate surface area is 218 Å². The first-order chi connectivity index (χ1) is 17.9. The highest BCUT2D eigenvalue weighted by molar-refractivity contribution is 5.91. The second kappa shape index (κ2) is 10.3. The third-order valence-corrected chi connectivity index (χ3v) is 6.58. The Bertz CT molecular complexity index is 1450. The highest BCUT2D eigenvalue weighted by Gasteiger charge is 2.41. The lowest BCUT2D eigenvalue weighted by molar-refractivity contribution is -0.141. The zero-order chi connectivity index (χ0) is 27.7. The molecule has 4 aromatic rings. The van der Waals surface area contributed by atoms with Crippen molar-refractivity contribution in [1.29, 1.82) is 0 Å². The number of aromatic nitrogens is 3. The van der Waals surface area contributed by atoms with Gasteiger partial charge in [0.25, 0.3) is 0 Å². The van der Waals surface area contributed by atoms with E-state index in [0.717, 1.165) is 17.7 Å². The van der Waals surface area contributed by atoms with E-state index < -0.39 is 17.2 Å². The molecule has 198 valence electrons. The summed E-state index contributed by atoms with van der Waals surface area (Å²) in [5, 5.41) is 4.49. The van der Waals surface area contributed by atoms with Crippen LogP contribution >= 0.6 is 0 Å². The summed E-state index contributed by atoms with van der Waals surface area (Å²) in [4.78, 5) is 33.6. The first-order valence-electron chi connectivity index (χ1n) is 11.9. The van der Waals surface area contributed by atoms with Gasteiger partial charge in [0.05, 0.1) is 29.4 Å². The topological polar surface area (TPSA) is 70.8 Å². The van der Waals surface area contributed by atoms with Gasteiger partial charge in [0.1, 0.15) is 0 Å². The number of nitrogens with zero attached hydrogens (tertiary/aromatic N) is 5. The second-order valence-electron chi connectivity index (χ2n) is 9.64. The number of hydrogen-bond donors (Lipinski definition) is 0. The molecule has 1 unspecified atom stereocenters. The van der Waals surface area contributed by atoms with Gasteiger partial charge in [-0.15, -0.1) is 0 Å². The largest absolute Gasteiger partial charge is 0.416 e. The van der Waals surface area contributed by atoms with Crippen molar-refractivity contribution in [1.82, 2.24) is 24.4 Å². The molecule has 0 aliphatic heterocycles. The molecular weight excluding hydrogens is 495 g/mol. The van der Waals surface area contributed by atoms with Crippen LogP contribution in [0.15, 0.2) is 73.1 Å². The van der Waals surface area contributed by atoms with Crippen molar-refractivity contribution in [3.63, 3.8) is 0 Å². The van der Waals surface area contributed by atoms with Gasteiger partial charge in [0, 0.05) is 32.9 Å². The summed E-state index contributed by atoms with van der Waals surface area (Å²) in [5.74, 6) is -0.498. The van der Waals surface area contributed by atoms with Gasteiger partial charge < -0.3 is 9.80 Å². The lowest BCUT2D eigenvalue weighted by Gasteiger charge is -2.33. The molecule has 7 nitrogen and oxygen atoms in total. The molecule has 0 radical (unpaired) electrons. The van der Waals surface area contributed by atoms with Crippen molar-refractivity contribution < 1.29 is 22.8 Å². The molecule has 2 amide bonds. The summed E-state index contributed by atoms with van der Waals surface area (Å²) in [5.41, 5.74) is 1.01. The van der Waals surface area contributed by atoms with Crippen LogP contribution in [0.1, 0.15) is 23.7 Å². The molecule has 0 aliphatic rings. The van der Waals surface area contributed by atoms with Crippen LogP contribution in [0.3, 0.4) is 0 Å². The zero-order valence-corrected chi connectivity index (χ0v) is 21.5. The first-order valence-corrected chi connectivity index (χ1v) is 11.9. The van der Waals surface area contributed by atoms with Crippen molar-refractivity contribution in [2.45, 2.75) is 24.9 Å². The normalized spacial score (nSPS) is 13.2. The van der Waals surface area contributed by atoms with Gasteiger partial charge in [-0.2, -0.15) is 18.3 Å². The molecule has 38 heavy (non-hydrogen) atoms. The molecule has 0 saturated carbocycles. The van der Waals surface area contributed by atoms with Crippen LogP contribution in [-0.4, -0.2) is 63.9 Å². The lowest BCUT2D eigenvalue weighted by Crippen LogP contribution is -2.48. The first kappa shape index (κ1) is 26.8. The van der Waals surface area contributed by atoms with E-state index >= 15 is 0 Å². The minimum Gasteiger partial charge on any atom is -0.347 e. The Morgan fingerprint density at radius 1 is 0.947 bits per heavy atom. The highest BCUT2D eigenvalue weighted by atomic mass is 19.4. The fraction of sp³-hybridized carbons (Fsp3) is 0.286. The van der Waals surface area contributed by atoms with Gasteiger partial charge in [0.2, 0.25) is 11.8 Å². The number of likely N-dealkylation sites (N-methyl/N-ethyl adjacent to an activating group) is 2. The van der Waals surface area contributed by atoms with Crippen LogP contribution in [0, 0.1) is 0 Å². The number of carbonyl (C=O) groups is 2. The Morgan fingerprint density at radius 3 is 2.21 bits per heavy atom. The molecule has 0 bridgehead atoms. The van der Waals surface area contributed by atoms with E-state index in [1.807, 2.05) is 30.3 Å². The molecule has 0 saturated heterocycles. The molecule has 0 spiro atoms. The Hall–Kier alpha value is -4.21. The maximum absolute atomic E-state index is 14.0. The lowest BCUT2D eigenvalue weighted by atomic mass is 9.78. The summed E-state index contributed by atoms with van der Waals surface area (Å²) in [6, 6.07) is 16.0. The second-order valence-corrected chi connectivity index (χ2v) is 9.64. The van der Waals surface area contributed by atoms with E-state index in [0.29, 0.717) is 28.9 Å². The van der Waals surface area contributed by atoms with Crippen molar-refractivity contribution in [3.8, 4) is 11.1 Å². The molecule has 2 aromatic heterocycles. The summed E-state index contributed by atoms with van der Waals surface area (Å²) in [6.07, 6.45) is -1.03. The Balaban J connectivity index is 1.81. The minimum absolute atomic E-state index is 0.0969. The van der Waals surface area contributed by atoms with E-state index in [1.54, 1.807) is 44.8 Å². The van der Waals surface area contributed by atoms with Crippen LogP contribution in [-0.2, 0) is 27.6 Å². The van der Waals surface area contributed by atoms with E-state index in [4.69, 9.17) is 0 Å². The van der Waals surface area contributed by atoms with Gasteiger partial charge >= 0.3 is 6.18 Å². The van der Waals surface area contributed by atoms with Crippen LogP contribution in [0.5, 0.6) is 0 Å². The summed E-state index contributed by atoms with van der Waals surface area (Å²) in [6.45, 7) is 1.70. The van der Waals surface area contributed by atoms with Gasteiger partial charge in [-0.1, -0.05) is 42.5 Å². The Morgan fingerprint density at radius 2 is 1.61 bits per heavy atom. The SMILES string of the molecule is CN(C)C(=O)CN(C)C(=O)C(C)(Cc1ccccc1)c1ccnc2c(-c3ccc(C(F)(F)F)cc3)cnn12. The Kier molecular flexibility index (Phi) is 7.26. The molecule has 0 fully saturated rings. The number of benzene rings is 2. The fourth-order valence-corrected chi connectivity index (χ4v) is 4.47. The molecule has 2 aromatic carbocycles. The summed E-state index contributed by atoms with van der Waals surface area (Å²) < 4.78 is 40.7. The zero-order valence-electron chi connectivity index (χ0n) is 21.5. The number of fused-ring (bicyclic) bond motifs is 1. The number of rotatable bonds is 7.